The molecule has 0 fully saturated rings. The number of ether oxygens (including phenoxy) is 3. The van der Waals surface area contributed by atoms with Gasteiger partial charge in [-0.25, -0.2) is 0 Å². The Morgan fingerprint density at radius 2 is 1.02 bits per heavy atom. The van der Waals surface area contributed by atoms with Crippen molar-refractivity contribution in [3.63, 3.8) is 0 Å². The summed E-state index contributed by atoms with van der Waals surface area (Å²) in [5.41, 5.74) is 0. The van der Waals surface area contributed by atoms with Gasteiger partial charge in [0.15, 0.2) is 6.10 Å². The minimum atomic E-state index is -1.14. The molecule has 0 bridgehead atoms. The summed E-state index contributed by atoms with van der Waals surface area (Å²) in [7, 11) is 5.37. The zero-order valence-corrected chi connectivity index (χ0v) is 33.4. The Kier molecular flexibility index (Phi) is 32.7. The van der Waals surface area contributed by atoms with E-state index >= 15 is 0 Å². The number of carbonyl (C=O) groups excluding carboxylic acids is 3. The molecule has 8 nitrogen and oxygen atoms in total. The molecule has 0 saturated heterocycles. The third-order valence-electron chi connectivity index (χ3n) is 8.34. The predicted molar refractivity (Wildman–Crippen MR) is 212 cm³/mol. The molecule has 0 aromatic rings. The second kappa shape index (κ2) is 34.8. The lowest BCUT2D eigenvalue weighted by Gasteiger charge is -2.34. The van der Waals surface area contributed by atoms with E-state index in [2.05, 4.69) is 86.8 Å². The van der Waals surface area contributed by atoms with Crippen molar-refractivity contribution in [2.24, 2.45) is 0 Å². The molecule has 296 valence electrons. The van der Waals surface area contributed by atoms with Crippen LogP contribution in [0.1, 0.15) is 136 Å². The molecule has 0 aliphatic carbocycles. The van der Waals surface area contributed by atoms with Crippen molar-refractivity contribution in [2.45, 2.75) is 148 Å². The predicted octanol–water partition coefficient (Wildman–Crippen LogP) is 9.07. The van der Waals surface area contributed by atoms with E-state index in [4.69, 9.17) is 14.2 Å². The SMILES string of the molecule is CC/C=C/C/C=C/C/C=C/CCCCCCCCC(=O)OCC(COCCC(C(=O)[O-])[N+](C)(C)C)OC(=O)CCCC/C=C/C/C=C/C/C=C/CC. The monoisotopic (exact) mass is 728 g/mol. The Bertz CT molecular complexity index is 1080. The van der Waals surface area contributed by atoms with Gasteiger partial charge >= 0.3 is 11.9 Å². The van der Waals surface area contributed by atoms with Gasteiger partial charge in [-0.1, -0.05) is 112 Å². The van der Waals surface area contributed by atoms with Crippen molar-refractivity contribution in [1.82, 2.24) is 0 Å². The second-order valence-electron chi connectivity index (χ2n) is 14.1. The first kappa shape index (κ1) is 48.8. The average molecular weight is 728 g/mol. The minimum Gasteiger partial charge on any atom is -0.544 e. The highest BCUT2D eigenvalue weighted by atomic mass is 16.6. The molecular formula is C44H73NO7. The Balaban J connectivity index is 4.47. The molecule has 0 radical (unpaired) electrons. The van der Waals surface area contributed by atoms with E-state index in [9.17, 15) is 19.5 Å². The number of unbranched alkanes of at least 4 members (excludes halogenated alkanes) is 8. The van der Waals surface area contributed by atoms with Crippen molar-refractivity contribution in [2.75, 3.05) is 41.0 Å². The summed E-state index contributed by atoms with van der Waals surface area (Å²) in [6.07, 6.45) is 42.2. The Morgan fingerprint density at radius 3 is 1.54 bits per heavy atom. The van der Waals surface area contributed by atoms with E-state index < -0.39 is 18.1 Å². The van der Waals surface area contributed by atoms with Gasteiger partial charge in [-0.2, -0.15) is 0 Å². The first-order valence-corrected chi connectivity index (χ1v) is 20.0. The fourth-order valence-corrected chi connectivity index (χ4v) is 5.27. The number of carboxylic acids is 1. The lowest BCUT2D eigenvalue weighted by atomic mass is 10.1. The van der Waals surface area contributed by atoms with Crippen molar-refractivity contribution in [1.29, 1.82) is 0 Å². The Labute approximate surface area is 317 Å². The van der Waals surface area contributed by atoms with Crippen LogP contribution in [0.4, 0.5) is 0 Å². The first-order valence-electron chi connectivity index (χ1n) is 20.0. The number of carboxylic acid groups (broad SMARTS) is 1. The third kappa shape index (κ3) is 32.7. The van der Waals surface area contributed by atoms with Gasteiger partial charge < -0.3 is 28.6 Å². The maximum atomic E-state index is 12.6. The van der Waals surface area contributed by atoms with Crippen molar-refractivity contribution >= 4 is 17.9 Å². The molecule has 0 N–H and O–H groups in total. The van der Waals surface area contributed by atoms with Crippen LogP contribution in [0.2, 0.25) is 0 Å². The highest BCUT2D eigenvalue weighted by Crippen LogP contribution is 2.12. The molecule has 8 heteroatoms. The number of hydrogen-bond acceptors (Lipinski definition) is 7. The van der Waals surface area contributed by atoms with Crippen LogP contribution in [0.15, 0.2) is 72.9 Å². The van der Waals surface area contributed by atoms with Crippen LogP contribution in [0.5, 0.6) is 0 Å². The standard InChI is InChI=1S/C44H73NO7/c1-6-8-10-12-14-16-18-20-21-22-23-25-26-28-30-32-34-42(46)51-39-40(38-50-37-36-41(44(48)49)45(3,4)5)52-43(47)35-33-31-29-27-24-19-17-15-13-11-9-7-2/h8-11,14-17,20-21,24,27,40-41H,6-7,12-13,18-19,22-23,25-26,28-39H2,1-5H3/b10-8+,11-9+,16-14+,17-15+,21-20+,27-24+. The van der Waals surface area contributed by atoms with Crippen LogP contribution >= 0.6 is 0 Å². The molecular weight excluding hydrogens is 654 g/mol. The van der Waals surface area contributed by atoms with E-state index in [-0.39, 0.29) is 49.1 Å². The summed E-state index contributed by atoms with van der Waals surface area (Å²) in [6.45, 7) is 4.35. The smallest absolute Gasteiger partial charge is 0.306 e. The lowest BCUT2D eigenvalue weighted by Crippen LogP contribution is -2.55. The normalized spacial score (nSPS) is 13.8. The number of aliphatic carboxylic acids is 1. The molecule has 0 saturated carbocycles. The van der Waals surface area contributed by atoms with E-state index in [1.54, 1.807) is 21.1 Å². The average Bonchev–Trinajstić information content (AvgIpc) is 3.09. The molecule has 0 aromatic heterocycles. The molecule has 0 amide bonds. The third-order valence-corrected chi connectivity index (χ3v) is 8.34. The summed E-state index contributed by atoms with van der Waals surface area (Å²) in [5, 5.41) is 11.6. The molecule has 0 rings (SSSR count). The second-order valence-corrected chi connectivity index (χ2v) is 14.1. The molecule has 0 aliphatic rings. The zero-order valence-electron chi connectivity index (χ0n) is 33.4. The highest BCUT2D eigenvalue weighted by molar-refractivity contribution is 5.70. The van der Waals surface area contributed by atoms with Gasteiger partial charge in [-0.15, -0.1) is 0 Å². The highest BCUT2D eigenvalue weighted by Gasteiger charge is 2.25. The minimum absolute atomic E-state index is 0.0168. The number of nitrogens with zero attached hydrogens (tertiary/aromatic N) is 1. The first-order chi connectivity index (χ1) is 25.1. The van der Waals surface area contributed by atoms with Crippen molar-refractivity contribution in [3.8, 4) is 0 Å². The van der Waals surface area contributed by atoms with Gasteiger partial charge in [-0.05, 0) is 77.0 Å². The fourth-order valence-electron chi connectivity index (χ4n) is 5.27. The number of hydrogen-bond donors (Lipinski definition) is 0. The molecule has 0 aliphatic heterocycles. The summed E-state index contributed by atoms with van der Waals surface area (Å²) >= 11 is 0. The van der Waals surface area contributed by atoms with Gasteiger partial charge in [0, 0.05) is 19.3 Å². The molecule has 0 heterocycles. The molecule has 0 aromatic carbocycles. The van der Waals surface area contributed by atoms with Crippen LogP contribution in [0.3, 0.4) is 0 Å². The van der Waals surface area contributed by atoms with Crippen LogP contribution in [0, 0.1) is 0 Å². The maximum absolute atomic E-state index is 12.6. The van der Waals surface area contributed by atoms with Crippen molar-refractivity contribution < 1.29 is 38.2 Å². The summed E-state index contributed by atoms with van der Waals surface area (Å²) < 4.78 is 17.0. The number of esters is 2. The van der Waals surface area contributed by atoms with Crippen molar-refractivity contribution in [3.05, 3.63) is 72.9 Å². The topological polar surface area (TPSA) is 102 Å². The lowest BCUT2D eigenvalue weighted by molar-refractivity contribution is -0.889. The van der Waals surface area contributed by atoms with E-state index in [0.29, 0.717) is 12.8 Å². The van der Waals surface area contributed by atoms with Gasteiger partial charge in [-0.3, -0.25) is 9.59 Å². The summed E-state index contributed by atoms with van der Waals surface area (Å²) in [6, 6.07) is -0.737. The Morgan fingerprint density at radius 1 is 0.577 bits per heavy atom. The number of rotatable bonds is 34. The van der Waals surface area contributed by atoms with Crippen LogP contribution < -0.4 is 5.11 Å². The van der Waals surface area contributed by atoms with Crippen LogP contribution in [-0.4, -0.2) is 75.5 Å². The van der Waals surface area contributed by atoms with E-state index in [1.807, 2.05) is 0 Å². The largest absolute Gasteiger partial charge is 0.544 e. The maximum Gasteiger partial charge on any atom is 0.306 e. The quantitative estimate of drug-likeness (QED) is 0.0282. The van der Waals surface area contributed by atoms with E-state index in [0.717, 1.165) is 83.5 Å². The molecule has 2 unspecified atom stereocenters. The van der Waals surface area contributed by atoms with Gasteiger partial charge in [0.25, 0.3) is 0 Å². The number of likely N-dealkylation sites (N-methyl/N-ethyl adjacent to an activating group) is 1. The fraction of sp³-hybridized carbons (Fsp3) is 0.659. The number of carbonyl (C=O) groups is 3. The summed E-state index contributed by atoms with van der Waals surface area (Å²) in [5.74, 6) is -1.82. The zero-order chi connectivity index (χ0) is 38.5. The van der Waals surface area contributed by atoms with Gasteiger partial charge in [0.2, 0.25) is 0 Å². The Hall–Kier alpha value is -3.23. The number of quaternary nitrogens is 1. The van der Waals surface area contributed by atoms with Gasteiger partial charge in [0.05, 0.1) is 40.3 Å². The number of allylic oxidation sites excluding steroid dienone is 12. The molecule has 2 atom stereocenters. The van der Waals surface area contributed by atoms with Gasteiger partial charge in [0.1, 0.15) is 12.6 Å². The van der Waals surface area contributed by atoms with E-state index in [1.165, 1.54) is 12.8 Å². The van der Waals surface area contributed by atoms with Crippen LogP contribution in [0.25, 0.3) is 0 Å². The van der Waals surface area contributed by atoms with Crippen LogP contribution in [-0.2, 0) is 28.6 Å². The molecule has 52 heavy (non-hydrogen) atoms. The molecule has 0 spiro atoms. The summed E-state index contributed by atoms with van der Waals surface area (Å²) in [4.78, 5) is 36.7.